The van der Waals surface area contributed by atoms with Gasteiger partial charge in [-0.25, -0.2) is 0 Å². The molecule has 0 aromatic carbocycles. The van der Waals surface area contributed by atoms with E-state index in [0.29, 0.717) is 17.5 Å². The zero-order valence-electron chi connectivity index (χ0n) is 11.6. The van der Waals surface area contributed by atoms with Crippen molar-refractivity contribution in [1.29, 1.82) is 0 Å². The summed E-state index contributed by atoms with van der Waals surface area (Å²) in [6.45, 7) is 15.3. The van der Waals surface area contributed by atoms with Crippen LogP contribution in [0.4, 0.5) is 0 Å². The summed E-state index contributed by atoms with van der Waals surface area (Å²) < 4.78 is 0. The Bertz CT molecular complexity index is 293. The van der Waals surface area contributed by atoms with Gasteiger partial charge in [-0.2, -0.15) is 0 Å². The minimum absolute atomic E-state index is 0.262. The second-order valence-corrected chi connectivity index (χ2v) is 7.45. The van der Waals surface area contributed by atoms with Crippen molar-refractivity contribution < 1.29 is 0 Å². The second-order valence-electron chi connectivity index (χ2n) is 7.45. The maximum absolute atomic E-state index is 4.74. The Labute approximate surface area is 100 Å². The Kier molecular flexibility index (Phi) is 2.69. The Balaban J connectivity index is 2.30. The fourth-order valence-electron chi connectivity index (χ4n) is 3.32. The Hall–Kier alpha value is -0.370. The van der Waals surface area contributed by atoms with E-state index in [1.54, 1.807) is 0 Å². The summed E-state index contributed by atoms with van der Waals surface area (Å²) in [6, 6.07) is 1.13. The third kappa shape index (κ3) is 1.92. The normalized spacial score (nSPS) is 35.8. The van der Waals surface area contributed by atoms with Crippen molar-refractivity contribution in [2.45, 2.75) is 65.6 Å². The standard InChI is InChI=1S/C14H26N2/c1-13(2,3)12-11-10(7-8-15-11)9-16(12)14(4,5)6/h8,10-12H,7,9H2,1-6H3. The summed E-state index contributed by atoms with van der Waals surface area (Å²) in [5, 5.41) is 0. The second kappa shape index (κ2) is 3.56. The molecule has 1 fully saturated rings. The van der Waals surface area contributed by atoms with Crippen molar-refractivity contribution in [1.82, 2.24) is 4.90 Å². The van der Waals surface area contributed by atoms with E-state index in [-0.39, 0.29) is 5.54 Å². The van der Waals surface area contributed by atoms with Gasteiger partial charge in [0.1, 0.15) is 0 Å². The molecule has 1 saturated heterocycles. The van der Waals surface area contributed by atoms with Gasteiger partial charge in [-0.3, -0.25) is 9.89 Å². The molecule has 16 heavy (non-hydrogen) atoms. The lowest BCUT2D eigenvalue weighted by atomic mass is 9.80. The van der Waals surface area contributed by atoms with E-state index in [1.165, 1.54) is 13.0 Å². The van der Waals surface area contributed by atoms with Crippen LogP contribution in [0.25, 0.3) is 0 Å². The van der Waals surface area contributed by atoms with E-state index < -0.39 is 0 Å². The minimum atomic E-state index is 0.262. The first-order chi connectivity index (χ1) is 7.21. The number of fused-ring (bicyclic) bond motifs is 1. The van der Waals surface area contributed by atoms with E-state index in [1.807, 2.05) is 0 Å². The largest absolute Gasteiger partial charge is 0.293 e. The molecule has 0 aliphatic carbocycles. The molecule has 0 aromatic heterocycles. The number of aliphatic imine (C=N–C) groups is 1. The van der Waals surface area contributed by atoms with E-state index in [9.17, 15) is 0 Å². The van der Waals surface area contributed by atoms with Gasteiger partial charge in [0.05, 0.1) is 6.04 Å². The van der Waals surface area contributed by atoms with Gasteiger partial charge in [0, 0.05) is 24.0 Å². The molecular formula is C14H26N2. The first-order valence-electron chi connectivity index (χ1n) is 6.49. The molecule has 0 radical (unpaired) electrons. The molecular weight excluding hydrogens is 196 g/mol. The van der Waals surface area contributed by atoms with Gasteiger partial charge in [0.25, 0.3) is 0 Å². The molecule has 2 aliphatic rings. The van der Waals surface area contributed by atoms with Gasteiger partial charge >= 0.3 is 0 Å². The molecule has 3 atom stereocenters. The van der Waals surface area contributed by atoms with Crippen LogP contribution in [0.2, 0.25) is 0 Å². The van der Waals surface area contributed by atoms with Crippen molar-refractivity contribution in [2.24, 2.45) is 16.3 Å². The van der Waals surface area contributed by atoms with Gasteiger partial charge in [0.2, 0.25) is 0 Å². The Morgan fingerprint density at radius 2 is 1.75 bits per heavy atom. The first kappa shape index (κ1) is 12.1. The molecule has 0 spiro atoms. The first-order valence-corrected chi connectivity index (χ1v) is 6.49. The van der Waals surface area contributed by atoms with Crippen LogP contribution < -0.4 is 0 Å². The zero-order chi connectivity index (χ0) is 12.1. The van der Waals surface area contributed by atoms with E-state index >= 15 is 0 Å². The molecule has 2 aliphatic heterocycles. The highest BCUT2D eigenvalue weighted by Crippen LogP contribution is 2.43. The van der Waals surface area contributed by atoms with Crippen molar-refractivity contribution in [3.05, 3.63) is 0 Å². The van der Waals surface area contributed by atoms with Gasteiger partial charge in [0.15, 0.2) is 0 Å². The predicted octanol–water partition coefficient (Wildman–Crippen LogP) is 2.97. The molecule has 0 amide bonds. The van der Waals surface area contributed by atoms with Crippen molar-refractivity contribution >= 4 is 6.21 Å². The molecule has 2 heterocycles. The van der Waals surface area contributed by atoms with Crippen LogP contribution in [0.3, 0.4) is 0 Å². The average molecular weight is 222 g/mol. The molecule has 2 heteroatoms. The summed E-state index contributed by atoms with van der Waals surface area (Å²) in [4.78, 5) is 7.42. The lowest BCUT2D eigenvalue weighted by Crippen LogP contribution is -2.52. The topological polar surface area (TPSA) is 15.6 Å². The van der Waals surface area contributed by atoms with Crippen LogP contribution in [0.5, 0.6) is 0 Å². The van der Waals surface area contributed by atoms with Crippen molar-refractivity contribution in [3.8, 4) is 0 Å². The average Bonchev–Trinajstić information content (AvgIpc) is 2.53. The zero-order valence-corrected chi connectivity index (χ0v) is 11.6. The Morgan fingerprint density at radius 1 is 1.12 bits per heavy atom. The smallest absolute Gasteiger partial charge is 0.0699 e. The lowest BCUT2D eigenvalue weighted by molar-refractivity contribution is 0.0519. The highest BCUT2D eigenvalue weighted by molar-refractivity contribution is 5.61. The van der Waals surface area contributed by atoms with E-state index in [4.69, 9.17) is 4.99 Å². The fourth-order valence-corrected chi connectivity index (χ4v) is 3.32. The summed E-state index contributed by atoms with van der Waals surface area (Å²) in [5.74, 6) is 0.767. The van der Waals surface area contributed by atoms with Crippen LogP contribution in [0, 0.1) is 11.3 Å². The molecule has 0 aromatic rings. The van der Waals surface area contributed by atoms with Crippen LogP contribution in [-0.2, 0) is 0 Å². The quantitative estimate of drug-likeness (QED) is 0.615. The van der Waals surface area contributed by atoms with Gasteiger partial charge in [-0.05, 0) is 38.8 Å². The van der Waals surface area contributed by atoms with Crippen LogP contribution in [0.1, 0.15) is 48.0 Å². The fraction of sp³-hybridized carbons (Fsp3) is 0.929. The highest BCUT2D eigenvalue weighted by Gasteiger charge is 2.51. The van der Waals surface area contributed by atoms with Gasteiger partial charge in [-0.15, -0.1) is 0 Å². The van der Waals surface area contributed by atoms with Crippen LogP contribution in [-0.4, -0.2) is 35.3 Å². The van der Waals surface area contributed by atoms with Crippen molar-refractivity contribution in [3.63, 3.8) is 0 Å². The number of hydrogen-bond donors (Lipinski definition) is 0. The van der Waals surface area contributed by atoms with Crippen LogP contribution in [0.15, 0.2) is 4.99 Å². The predicted molar refractivity (Wildman–Crippen MR) is 70.1 cm³/mol. The minimum Gasteiger partial charge on any atom is -0.293 e. The summed E-state index contributed by atoms with van der Waals surface area (Å²) in [5.41, 5.74) is 0.576. The van der Waals surface area contributed by atoms with Gasteiger partial charge < -0.3 is 0 Å². The molecule has 3 unspecified atom stereocenters. The maximum Gasteiger partial charge on any atom is 0.0699 e. The number of hydrogen-bond acceptors (Lipinski definition) is 2. The van der Waals surface area contributed by atoms with E-state index in [2.05, 4.69) is 52.7 Å². The maximum atomic E-state index is 4.74. The number of likely N-dealkylation sites (tertiary alicyclic amines) is 1. The summed E-state index contributed by atoms with van der Waals surface area (Å²) in [6.07, 6.45) is 3.33. The molecule has 0 saturated carbocycles. The SMILES string of the molecule is CC(C)(C)C1C2N=CCC2CN1C(C)(C)C. The molecule has 0 bridgehead atoms. The lowest BCUT2D eigenvalue weighted by Gasteiger charge is -2.44. The highest BCUT2D eigenvalue weighted by atomic mass is 15.3. The van der Waals surface area contributed by atoms with Gasteiger partial charge in [-0.1, -0.05) is 20.8 Å². The molecule has 0 N–H and O–H groups in total. The van der Waals surface area contributed by atoms with Crippen molar-refractivity contribution in [2.75, 3.05) is 6.54 Å². The number of rotatable bonds is 0. The Morgan fingerprint density at radius 3 is 2.25 bits per heavy atom. The van der Waals surface area contributed by atoms with E-state index in [0.717, 1.165) is 5.92 Å². The number of nitrogens with zero attached hydrogens (tertiary/aromatic N) is 2. The molecule has 92 valence electrons. The summed E-state index contributed by atoms with van der Waals surface area (Å²) >= 11 is 0. The third-order valence-electron chi connectivity index (χ3n) is 4.01. The molecule has 2 nitrogen and oxygen atoms in total. The summed E-state index contributed by atoms with van der Waals surface area (Å²) in [7, 11) is 0. The third-order valence-corrected chi connectivity index (χ3v) is 4.01. The van der Waals surface area contributed by atoms with Crippen LogP contribution >= 0.6 is 0 Å². The monoisotopic (exact) mass is 222 g/mol. The molecule has 2 rings (SSSR count).